The van der Waals surface area contributed by atoms with Crippen molar-refractivity contribution in [1.82, 2.24) is 4.98 Å². The molecule has 0 unspecified atom stereocenters. The van der Waals surface area contributed by atoms with E-state index in [0.717, 1.165) is 11.6 Å². The molecule has 1 aromatic carbocycles. The van der Waals surface area contributed by atoms with Gasteiger partial charge in [0.15, 0.2) is 0 Å². The predicted octanol–water partition coefficient (Wildman–Crippen LogP) is 2.69. The molecule has 16 heavy (non-hydrogen) atoms. The number of halogens is 3. The van der Waals surface area contributed by atoms with Crippen molar-refractivity contribution in [2.45, 2.75) is 12.6 Å². The summed E-state index contributed by atoms with van der Waals surface area (Å²) in [6.07, 6.45) is -3.76. The van der Waals surface area contributed by atoms with Crippen LogP contribution in [0.25, 0.3) is 10.9 Å². The van der Waals surface area contributed by atoms with Crippen LogP contribution in [0.15, 0.2) is 24.3 Å². The lowest BCUT2D eigenvalue weighted by molar-refractivity contribution is -0.140. The van der Waals surface area contributed by atoms with Gasteiger partial charge < -0.3 is 10.7 Å². The van der Waals surface area contributed by atoms with E-state index in [0.29, 0.717) is 23.9 Å². The van der Waals surface area contributed by atoms with Crippen LogP contribution >= 0.6 is 0 Å². The summed E-state index contributed by atoms with van der Waals surface area (Å²) in [7, 11) is 0. The molecule has 5 heteroatoms. The lowest BCUT2D eigenvalue weighted by atomic mass is 10.1. The zero-order valence-corrected chi connectivity index (χ0v) is 8.43. The number of hydrogen-bond donors (Lipinski definition) is 2. The van der Waals surface area contributed by atoms with Gasteiger partial charge in [0.1, 0.15) is 5.69 Å². The van der Waals surface area contributed by atoms with Gasteiger partial charge in [-0.15, -0.1) is 0 Å². The fourth-order valence-electron chi connectivity index (χ4n) is 1.74. The summed E-state index contributed by atoms with van der Waals surface area (Å²) >= 11 is 0. The second kappa shape index (κ2) is 3.83. The third-order valence-electron chi connectivity index (χ3n) is 2.47. The van der Waals surface area contributed by atoms with Crippen molar-refractivity contribution >= 4 is 10.9 Å². The largest absolute Gasteiger partial charge is 0.431 e. The third kappa shape index (κ3) is 1.90. The number of hydrogen-bond acceptors (Lipinski definition) is 1. The second-order valence-corrected chi connectivity index (χ2v) is 3.60. The Hall–Kier alpha value is -1.49. The predicted molar refractivity (Wildman–Crippen MR) is 56.1 cm³/mol. The number of aromatic nitrogens is 1. The van der Waals surface area contributed by atoms with Crippen molar-refractivity contribution in [2.75, 3.05) is 6.54 Å². The highest BCUT2D eigenvalue weighted by atomic mass is 19.4. The molecule has 2 nitrogen and oxygen atoms in total. The van der Waals surface area contributed by atoms with Crippen LogP contribution in [0.3, 0.4) is 0 Å². The lowest BCUT2D eigenvalue weighted by Crippen LogP contribution is -2.04. The Morgan fingerprint density at radius 2 is 2.00 bits per heavy atom. The van der Waals surface area contributed by atoms with Crippen LogP contribution in [0.4, 0.5) is 13.2 Å². The van der Waals surface area contributed by atoms with Crippen molar-refractivity contribution in [3.05, 3.63) is 35.5 Å². The maximum atomic E-state index is 12.5. The molecule has 1 heterocycles. The van der Waals surface area contributed by atoms with E-state index in [2.05, 4.69) is 4.98 Å². The Balaban J connectivity index is 2.57. The van der Waals surface area contributed by atoms with Crippen LogP contribution in [-0.4, -0.2) is 11.5 Å². The SMILES string of the molecule is NCCc1cccc2[nH]c(C(F)(F)F)cc12. The number of nitrogens with two attached hydrogens (primary N) is 1. The summed E-state index contributed by atoms with van der Waals surface area (Å²) in [4.78, 5) is 2.37. The molecule has 0 saturated heterocycles. The first-order chi connectivity index (χ1) is 7.52. The topological polar surface area (TPSA) is 41.8 Å². The van der Waals surface area contributed by atoms with Crippen molar-refractivity contribution in [2.24, 2.45) is 5.73 Å². The quantitative estimate of drug-likeness (QED) is 0.815. The van der Waals surface area contributed by atoms with E-state index in [-0.39, 0.29) is 0 Å². The van der Waals surface area contributed by atoms with E-state index in [9.17, 15) is 13.2 Å². The van der Waals surface area contributed by atoms with E-state index in [1.807, 2.05) is 0 Å². The van der Waals surface area contributed by atoms with E-state index >= 15 is 0 Å². The van der Waals surface area contributed by atoms with Gasteiger partial charge in [-0.2, -0.15) is 13.2 Å². The lowest BCUT2D eigenvalue weighted by Gasteiger charge is -2.00. The maximum absolute atomic E-state index is 12.5. The smallest absolute Gasteiger partial charge is 0.351 e. The summed E-state index contributed by atoms with van der Waals surface area (Å²) in [6, 6.07) is 6.29. The summed E-state index contributed by atoms with van der Waals surface area (Å²) < 4.78 is 37.5. The van der Waals surface area contributed by atoms with Gasteiger partial charge in [-0.05, 0) is 30.7 Å². The monoisotopic (exact) mass is 228 g/mol. The first-order valence-corrected chi connectivity index (χ1v) is 4.90. The van der Waals surface area contributed by atoms with Gasteiger partial charge in [0.25, 0.3) is 0 Å². The van der Waals surface area contributed by atoms with Crippen molar-refractivity contribution in [3.63, 3.8) is 0 Å². The minimum atomic E-state index is -4.33. The van der Waals surface area contributed by atoms with Crippen LogP contribution < -0.4 is 5.73 Å². The molecule has 0 amide bonds. The van der Waals surface area contributed by atoms with E-state index in [4.69, 9.17) is 5.73 Å². The molecule has 0 spiro atoms. The first-order valence-electron chi connectivity index (χ1n) is 4.90. The maximum Gasteiger partial charge on any atom is 0.431 e. The number of rotatable bonds is 2. The fraction of sp³-hybridized carbons (Fsp3) is 0.273. The molecule has 2 rings (SSSR count). The molecule has 1 aromatic heterocycles. The number of aromatic amines is 1. The minimum Gasteiger partial charge on any atom is -0.351 e. The second-order valence-electron chi connectivity index (χ2n) is 3.60. The van der Waals surface area contributed by atoms with Crippen LogP contribution in [0.2, 0.25) is 0 Å². The molecule has 3 N–H and O–H groups in total. The third-order valence-corrected chi connectivity index (χ3v) is 2.47. The van der Waals surface area contributed by atoms with Crippen LogP contribution in [-0.2, 0) is 12.6 Å². The molecule has 2 aromatic rings. The van der Waals surface area contributed by atoms with Gasteiger partial charge in [0.05, 0.1) is 0 Å². The van der Waals surface area contributed by atoms with Crippen molar-refractivity contribution in [1.29, 1.82) is 0 Å². The van der Waals surface area contributed by atoms with Gasteiger partial charge in [-0.1, -0.05) is 12.1 Å². The van der Waals surface area contributed by atoms with Crippen LogP contribution in [0.1, 0.15) is 11.3 Å². The number of alkyl halides is 3. The molecule has 0 radical (unpaired) electrons. The van der Waals surface area contributed by atoms with Crippen LogP contribution in [0.5, 0.6) is 0 Å². The fourth-order valence-corrected chi connectivity index (χ4v) is 1.74. The van der Waals surface area contributed by atoms with Gasteiger partial charge in [0, 0.05) is 10.9 Å². The zero-order chi connectivity index (χ0) is 11.8. The molecule has 0 fully saturated rings. The molecular weight excluding hydrogens is 217 g/mol. The van der Waals surface area contributed by atoms with E-state index in [1.54, 1.807) is 18.2 Å². The number of benzene rings is 1. The van der Waals surface area contributed by atoms with Gasteiger partial charge in [-0.3, -0.25) is 0 Å². The summed E-state index contributed by atoms with van der Waals surface area (Å²) in [5.41, 5.74) is 6.03. The highest BCUT2D eigenvalue weighted by Gasteiger charge is 2.32. The zero-order valence-electron chi connectivity index (χ0n) is 8.43. The average molecular weight is 228 g/mol. The summed E-state index contributed by atoms with van der Waals surface area (Å²) in [6.45, 7) is 0.422. The summed E-state index contributed by atoms with van der Waals surface area (Å²) in [5, 5.41) is 0.597. The Morgan fingerprint density at radius 1 is 1.25 bits per heavy atom. The minimum absolute atomic E-state index is 0.422. The van der Waals surface area contributed by atoms with Crippen LogP contribution in [0, 0.1) is 0 Å². The first kappa shape index (κ1) is 11.0. The Morgan fingerprint density at radius 3 is 2.62 bits per heavy atom. The average Bonchev–Trinajstić information content (AvgIpc) is 2.62. The standard InChI is InChI=1S/C11H11F3N2/c12-11(13,14)10-6-8-7(4-5-15)2-1-3-9(8)16-10/h1-3,6,16H,4-5,15H2. The summed E-state index contributed by atoms with van der Waals surface area (Å²) in [5.74, 6) is 0. The van der Waals surface area contributed by atoms with Gasteiger partial charge in [0.2, 0.25) is 0 Å². The van der Waals surface area contributed by atoms with E-state index in [1.165, 1.54) is 0 Å². The van der Waals surface area contributed by atoms with E-state index < -0.39 is 11.9 Å². The Labute approximate surface area is 90.3 Å². The molecule has 0 atom stereocenters. The number of H-pyrrole nitrogens is 1. The number of nitrogens with one attached hydrogen (secondary N) is 1. The molecule has 0 aliphatic carbocycles. The number of fused-ring (bicyclic) bond motifs is 1. The molecule has 0 aliphatic rings. The normalized spacial score (nSPS) is 12.2. The Bertz CT molecular complexity index is 499. The van der Waals surface area contributed by atoms with Gasteiger partial charge in [-0.25, -0.2) is 0 Å². The van der Waals surface area contributed by atoms with Gasteiger partial charge >= 0.3 is 6.18 Å². The highest BCUT2D eigenvalue weighted by Crippen LogP contribution is 2.32. The van der Waals surface area contributed by atoms with Crippen molar-refractivity contribution in [3.8, 4) is 0 Å². The molecular formula is C11H11F3N2. The molecule has 0 aliphatic heterocycles. The highest BCUT2D eigenvalue weighted by molar-refractivity contribution is 5.84. The Kier molecular flexibility index (Phi) is 2.63. The molecule has 0 saturated carbocycles. The molecule has 86 valence electrons. The molecule has 0 bridgehead atoms. The van der Waals surface area contributed by atoms with Crippen molar-refractivity contribution < 1.29 is 13.2 Å².